The van der Waals surface area contributed by atoms with Crippen molar-refractivity contribution < 1.29 is 28.5 Å². The van der Waals surface area contributed by atoms with Crippen molar-refractivity contribution >= 4 is 5.97 Å². The minimum Gasteiger partial charge on any atom is -0.466 e. The number of carbonyl (C=O) groups is 1. The molecule has 1 aliphatic heterocycles. The summed E-state index contributed by atoms with van der Waals surface area (Å²) in [4.78, 5) is 11.9. The van der Waals surface area contributed by atoms with Gasteiger partial charge in [-0.15, -0.1) is 0 Å². The Bertz CT molecular complexity index is 258. The number of rotatable bonds is 9. The molecule has 1 unspecified atom stereocenters. The van der Waals surface area contributed by atoms with Crippen LogP contribution in [0.5, 0.6) is 0 Å². The molecule has 6 nitrogen and oxygen atoms in total. The molecule has 0 N–H and O–H groups in total. The normalized spacial score (nSPS) is 24.1. The quantitative estimate of drug-likeness (QED) is 0.471. The van der Waals surface area contributed by atoms with Gasteiger partial charge in [0.25, 0.3) is 0 Å². The number of hydrogen-bond acceptors (Lipinski definition) is 6. The van der Waals surface area contributed by atoms with Gasteiger partial charge >= 0.3 is 5.97 Å². The minimum atomic E-state index is -0.572. The van der Waals surface area contributed by atoms with Crippen LogP contribution >= 0.6 is 0 Å². The Labute approximate surface area is 114 Å². The van der Waals surface area contributed by atoms with Crippen molar-refractivity contribution in [3.8, 4) is 0 Å². The van der Waals surface area contributed by atoms with Crippen molar-refractivity contribution in [1.29, 1.82) is 0 Å². The van der Waals surface area contributed by atoms with Crippen molar-refractivity contribution in [2.45, 2.75) is 53.0 Å². The van der Waals surface area contributed by atoms with Crippen molar-refractivity contribution in [3.63, 3.8) is 0 Å². The van der Waals surface area contributed by atoms with E-state index in [2.05, 4.69) is 0 Å². The van der Waals surface area contributed by atoms with Crippen molar-refractivity contribution in [1.82, 2.24) is 0 Å². The van der Waals surface area contributed by atoms with Crippen LogP contribution in [0.3, 0.4) is 0 Å². The Kier molecular flexibility index (Phi) is 7.30. The predicted molar refractivity (Wildman–Crippen MR) is 67.2 cm³/mol. The molecule has 1 fully saturated rings. The molecule has 1 aliphatic rings. The van der Waals surface area contributed by atoms with Gasteiger partial charge in [0.05, 0.1) is 6.61 Å². The van der Waals surface area contributed by atoms with Crippen molar-refractivity contribution in [3.05, 3.63) is 0 Å². The van der Waals surface area contributed by atoms with E-state index in [-0.39, 0.29) is 12.3 Å². The fraction of sp³-hybridized carbons (Fsp3) is 0.923. The van der Waals surface area contributed by atoms with E-state index in [9.17, 15) is 4.79 Å². The van der Waals surface area contributed by atoms with Crippen LogP contribution in [0.1, 0.15) is 34.1 Å². The Morgan fingerprint density at radius 1 is 1.11 bits per heavy atom. The SMILES string of the molecule is CCOC(=O)C(CC(OCC)OCC)C1OC(C)O1. The third-order valence-electron chi connectivity index (χ3n) is 2.72. The van der Waals surface area contributed by atoms with E-state index >= 15 is 0 Å². The summed E-state index contributed by atoms with van der Waals surface area (Å²) in [5, 5.41) is 0. The highest BCUT2D eigenvalue weighted by Gasteiger charge is 2.41. The molecule has 0 aliphatic carbocycles. The van der Waals surface area contributed by atoms with Crippen LogP contribution in [-0.4, -0.2) is 44.7 Å². The van der Waals surface area contributed by atoms with Crippen molar-refractivity contribution in [2.24, 2.45) is 5.92 Å². The van der Waals surface area contributed by atoms with Crippen LogP contribution in [0, 0.1) is 5.92 Å². The van der Waals surface area contributed by atoms with Gasteiger partial charge in [0.2, 0.25) is 0 Å². The minimum absolute atomic E-state index is 0.278. The van der Waals surface area contributed by atoms with Gasteiger partial charge in [-0.2, -0.15) is 0 Å². The summed E-state index contributed by atoms with van der Waals surface area (Å²) in [6.07, 6.45) is -0.942. The fourth-order valence-corrected chi connectivity index (χ4v) is 1.91. The molecule has 0 aromatic carbocycles. The lowest BCUT2D eigenvalue weighted by atomic mass is 10.0. The molecule has 1 rings (SSSR count). The summed E-state index contributed by atoms with van der Waals surface area (Å²) >= 11 is 0. The molecule has 0 aromatic heterocycles. The first-order valence-corrected chi connectivity index (χ1v) is 6.83. The molecule has 0 bridgehead atoms. The van der Waals surface area contributed by atoms with Crippen LogP contribution in [0.15, 0.2) is 0 Å². The summed E-state index contributed by atoms with van der Waals surface area (Å²) in [5.41, 5.74) is 0. The van der Waals surface area contributed by atoms with Gasteiger partial charge in [-0.3, -0.25) is 4.79 Å². The second kappa shape index (κ2) is 8.47. The number of esters is 1. The zero-order valence-electron chi connectivity index (χ0n) is 12.1. The maximum absolute atomic E-state index is 11.9. The Morgan fingerprint density at radius 3 is 2.11 bits per heavy atom. The third kappa shape index (κ3) is 5.06. The maximum Gasteiger partial charge on any atom is 0.314 e. The first kappa shape index (κ1) is 16.4. The van der Waals surface area contributed by atoms with E-state index < -0.39 is 18.5 Å². The number of carbonyl (C=O) groups excluding carboxylic acids is 1. The smallest absolute Gasteiger partial charge is 0.314 e. The Balaban J connectivity index is 2.58. The van der Waals surface area contributed by atoms with Gasteiger partial charge in [-0.25, -0.2) is 0 Å². The molecule has 1 saturated heterocycles. The molecule has 0 amide bonds. The van der Waals surface area contributed by atoms with Gasteiger partial charge in [0, 0.05) is 19.6 Å². The van der Waals surface area contributed by atoms with E-state index in [1.54, 1.807) is 13.8 Å². The lowest BCUT2D eigenvalue weighted by Gasteiger charge is -2.38. The molecule has 0 radical (unpaired) electrons. The summed E-state index contributed by atoms with van der Waals surface area (Å²) in [6, 6.07) is 0. The molecular formula is C13H24O6. The van der Waals surface area contributed by atoms with Gasteiger partial charge in [0.15, 0.2) is 18.9 Å². The van der Waals surface area contributed by atoms with Crippen LogP contribution in [0.2, 0.25) is 0 Å². The Hall–Kier alpha value is -0.690. The van der Waals surface area contributed by atoms with Crippen LogP contribution in [-0.2, 0) is 28.5 Å². The second-order valence-electron chi connectivity index (χ2n) is 4.14. The van der Waals surface area contributed by atoms with E-state index in [0.29, 0.717) is 26.2 Å². The molecule has 0 saturated carbocycles. The third-order valence-corrected chi connectivity index (χ3v) is 2.72. The Morgan fingerprint density at radius 2 is 1.68 bits per heavy atom. The largest absolute Gasteiger partial charge is 0.466 e. The molecule has 1 atom stereocenters. The van der Waals surface area contributed by atoms with Gasteiger partial charge in [-0.05, 0) is 27.7 Å². The van der Waals surface area contributed by atoms with Crippen LogP contribution in [0.25, 0.3) is 0 Å². The lowest BCUT2D eigenvalue weighted by Crippen LogP contribution is -2.48. The molecule has 1 heterocycles. The summed E-state index contributed by atoms with van der Waals surface area (Å²) in [7, 11) is 0. The number of ether oxygens (including phenoxy) is 5. The van der Waals surface area contributed by atoms with Gasteiger partial charge < -0.3 is 23.7 Å². The fourth-order valence-electron chi connectivity index (χ4n) is 1.91. The number of hydrogen-bond donors (Lipinski definition) is 0. The molecule has 6 heteroatoms. The molecule has 112 valence electrons. The molecule has 0 aromatic rings. The van der Waals surface area contributed by atoms with Crippen LogP contribution < -0.4 is 0 Å². The zero-order chi connectivity index (χ0) is 14.3. The topological polar surface area (TPSA) is 63.2 Å². The zero-order valence-corrected chi connectivity index (χ0v) is 12.1. The van der Waals surface area contributed by atoms with E-state index in [1.165, 1.54) is 0 Å². The van der Waals surface area contributed by atoms with Gasteiger partial charge in [-0.1, -0.05) is 0 Å². The van der Waals surface area contributed by atoms with Gasteiger partial charge in [0.1, 0.15) is 5.92 Å². The first-order valence-electron chi connectivity index (χ1n) is 6.83. The predicted octanol–water partition coefficient (Wildman–Crippen LogP) is 1.67. The second-order valence-corrected chi connectivity index (χ2v) is 4.14. The average molecular weight is 276 g/mol. The lowest BCUT2D eigenvalue weighted by molar-refractivity contribution is -0.392. The summed E-state index contributed by atoms with van der Waals surface area (Å²) in [5.74, 6) is -0.872. The molecular weight excluding hydrogens is 252 g/mol. The van der Waals surface area contributed by atoms with Crippen LogP contribution in [0.4, 0.5) is 0 Å². The van der Waals surface area contributed by atoms with E-state index in [4.69, 9.17) is 23.7 Å². The maximum atomic E-state index is 11.9. The molecule has 19 heavy (non-hydrogen) atoms. The highest BCUT2D eigenvalue weighted by Crippen LogP contribution is 2.28. The first-order chi connectivity index (χ1) is 9.12. The summed E-state index contributed by atoms with van der Waals surface area (Å²) < 4.78 is 26.7. The van der Waals surface area contributed by atoms with E-state index in [1.807, 2.05) is 13.8 Å². The van der Waals surface area contributed by atoms with Crippen molar-refractivity contribution in [2.75, 3.05) is 19.8 Å². The average Bonchev–Trinajstić information content (AvgIpc) is 2.33. The van der Waals surface area contributed by atoms with E-state index in [0.717, 1.165) is 0 Å². The highest BCUT2D eigenvalue weighted by molar-refractivity contribution is 5.73. The standard InChI is InChI=1S/C13H24O6/c1-5-15-11(16-6-2)8-10(12(14)17-7-3)13-18-9(4)19-13/h9-11,13H,5-8H2,1-4H3. The monoisotopic (exact) mass is 276 g/mol. The summed E-state index contributed by atoms with van der Waals surface area (Å²) in [6.45, 7) is 8.66. The molecule has 0 spiro atoms. The highest BCUT2D eigenvalue weighted by atomic mass is 16.9.